The zero-order valence-corrected chi connectivity index (χ0v) is 16.5. The van der Waals surface area contributed by atoms with E-state index in [4.69, 9.17) is 0 Å². The van der Waals surface area contributed by atoms with E-state index in [0.29, 0.717) is 0 Å². The van der Waals surface area contributed by atoms with Crippen molar-refractivity contribution < 1.29 is 4.39 Å². The van der Waals surface area contributed by atoms with Crippen molar-refractivity contribution in [2.75, 3.05) is 0 Å². The fraction of sp³-hybridized carbons (Fsp3) is 0.174. The fourth-order valence-electron chi connectivity index (χ4n) is 3.48. The lowest BCUT2D eigenvalue weighted by Gasteiger charge is -2.12. The van der Waals surface area contributed by atoms with Gasteiger partial charge in [0.2, 0.25) is 0 Å². The van der Waals surface area contributed by atoms with Gasteiger partial charge in [0.15, 0.2) is 0 Å². The Morgan fingerprint density at radius 2 is 1.56 bits per heavy atom. The first kappa shape index (κ1) is 19.1. The van der Waals surface area contributed by atoms with E-state index >= 15 is 0 Å². The number of aromatic nitrogens is 2. The van der Waals surface area contributed by atoms with Crippen LogP contribution in [0.1, 0.15) is 22.4 Å². The molecule has 2 aromatic heterocycles. The number of rotatable bonds is 3. The molecule has 2 heterocycles. The Morgan fingerprint density at radius 3 is 2.22 bits per heavy atom. The molecular weight excluding hydrogens is 359 g/mol. The van der Waals surface area contributed by atoms with Gasteiger partial charge in [-0.3, -0.25) is 4.98 Å². The number of pyridine rings is 1. The van der Waals surface area contributed by atoms with E-state index in [-0.39, 0.29) is 18.2 Å². The lowest BCUT2D eigenvalue weighted by molar-refractivity contribution is 0.628. The molecule has 0 aliphatic heterocycles. The minimum atomic E-state index is -0.221. The maximum absolute atomic E-state index is 13.4. The third-order valence-corrected chi connectivity index (χ3v) is 5.11. The molecular formula is C23H22ClFN2. The van der Waals surface area contributed by atoms with Crippen molar-refractivity contribution in [3.63, 3.8) is 0 Å². The molecule has 0 bridgehead atoms. The van der Waals surface area contributed by atoms with Gasteiger partial charge in [-0.15, -0.1) is 12.4 Å². The predicted octanol–water partition coefficient (Wildman–Crippen LogP) is 6.24. The summed E-state index contributed by atoms with van der Waals surface area (Å²) < 4.78 is 15.7. The van der Waals surface area contributed by atoms with Crippen molar-refractivity contribution >= 4 is 23.4 Å². The van der Waals surface area contributed by atoms with Crippen LogP contribution in [0.15, 0.2) is 60.8 Å². The standard InChI is InChI=1S/C23H21FN2.ClH/c1-15-4-6-18(7-5-15)14-26-17(3)16(2)22-23(26)21(12-13-25-22)19-8-10-20(24)11-9-19;/h4-13H,14H2,1-3H3;1H. The minimum absolute atomic E-state index is 0. The van der Waals surface area contributed by atoms with Crippen LogP contribution in [0, 0.1) is 26.6 Å². The summed E-state index contributed by atoms with van der Waals surface area (Å²) in [6.07, 6.45) is 1.84. The average molecular weight is 381 g/mol. The second-order valence-corrected chi connectivity index (χ2v) is 6.84. The van der Waals surface area contributed by atoms with Crippen LogP contribution in [0.4, 0.5) is 4.39 Å². The summed E-state index contributed by atoms with van der Waals surface area (Å²) in [6.45, 7) is 7.14. The SMILES string of the molecule is Cc1ccc(Cn2c(C)c(C)c3nccc(-c4ccc(F)cc4)c32)cc1.Cl. The smallest absolute Gasteiger partial charge is 0.123 e. The Balaban J connectivity index is 0.00000210. The number of halogens is 2. The summed E-state index contributed by atoms with van der Waals surface area (Å²) in [5.41, 5.74) is 9.11. The van der Waals surface area contributed by atoms with E-state index < -0.39 is 0 Å². The molecule has 0 saturated carbocycles. The highest BCUT2D eigenvalue weighted by Gasteiger charge is 2.16. The van der Waals surface area contributed by atoms with Crippen LogP contribution in [0.5, 0.6) is 0 Å². The fourth-order valence-corrected chi connectivity index (χ4v) is 3.48. The van der Waals surface area contributed by atoms with Crippen molar-refractivity contribution in [3.8, 4) is 11.1 Å². The maximum Gasteiger partial charge on any atom is 0.123 e. The summed E-state index contributed by atoms with van der Waals surface area (Å²) in [5, 5.41) is 0. The first-order valence-electron chi connectivity index (χ1n) is 8.80. The summed E-state index contributed by atoms with van der Waals surface area (Å²) in [6, 6.07) is 17.3. The quantitative estimate of drug-likeness (QED) is 0.411. The summed E-state index contributed by atoms with van der Waals surface area (Å²) in [4.78, 5) is 4.63. The predicted molar refractivity (Wildman–Crippen MR) is 112 cm³/mol. The van der Waals surface area contributed by atoms with Gasteiger partial charge < -0.3 is 4.57 Å². The second-order valence-electron chi connectivity index (χ2n) is 6.84. The van der Waals surface area contributed by atoms with Crippen LogP contribution in [0.2, 0.25) is 0 Å². The molecule has 0 spiro atoms. The van der Waals surface area contributed by atoms with Crippen molar-refractivity contribution in [3.05, 3.63) is 89.0 Å². The summed E-state index contributed by atoms with van der Waals surface area (Å²) in [7, 11) is 0. The van der Waals surface area contributed by atoms with E-state index in [0.717, 1.165) is 28.7 Å². The first-order valence-corrected chi connectivity index (χ1v) is 8.80. The number of aryl methyl sites for hydroxylation is 2. The molecule has 4 heteroatoms. The highest BCUT2D eigenvalue weighted by molar-refractivity contribution is 5.95. The van der Waals surface area contributed by atoms with Crippen LogP contribution >= 0.6 is 12.4 Å². The molecule has 0 N–H and O–H groups in total. The molecule has 0 saturated heterocycles. The van der Waals surface area contributed by atoms with Crippen LogP contribution in [0.3, 0.4) is 0 Å². The van der Waals surface area contributed by atoms with E-state index in [1.54, 1.807) is 0 Å². The van der Waals surface area contributed by atoms with Gasteiger partial charge >= 0.3 is 0 Å². The highest BCUT2D eigenvalue weighted by atomic mass is 35.5. The van der Waals surface area contributed by atoms with E-state index in [1.165, 1.54) is 34.5 Å². The number of nitrogens with zero attached hydrogens (tertiary/aromatic N) is 2. The molecule has 0 radical (unpaired) electrons. The molecule has 4 aromatic rings. The van der Waals surface area contributed by atoms with Crippen LogP contribution in [-0.2, 0) is 6.54 Å². The van der Waals surface area contributed by atoms with E-state index in [2.05, 4.69) is 54.6 Å². The zero-order chi connectivity index (χ0) is 18.3. The highest BCUT2D eigenvalue weighted by Crippen LogP contribution is 2.33. The summed E-state index contributed by atoms with van der Waals surface area (Å²) >= 11 is 0. The number of hydrogen-bond acceptors (Lipinski definition) is 1. The molecule has 0 aliphatic carbocycles. The van der Waals surface area contributed by atoms with Crippen molar-refractivity contribution in [2.24, 2.45) is 0 Å². The molecule has 0 aliphatic rings. The first-order chi connectivity index (χ1) is 12.5. The molecule has 138 valence electrons. The van der Waals surface area contributed by atoms with Crippen molar-refractivity contribution in [1.82, 2.24) is 9.55 Å². The maximum atomic E-state index is 13.4. The average Bonchev–Trinajstić information content (AvgIpc) is 2.89. The van der Waals surface area contributed by atoms with Crippen molar-refractivity contribution in [1.29, 1.82) is 0 Å². The Labute approximate surface area is 165 Å². The number of benzene rings is 2. The third-order valence-electron chi connectivity index (χ3n) is 5.11. The van der Waals surface area contributed by atoms with Crippen LogP contribution in [0.25, 0.3) is 22.2 Å². The largest absolute Gasteiger partial charge is 0.338 e. The summed E-state index contributed by atoms with van der Waals surface area (Å²) in [5.74, 6) is -0.221. The Kier molecular flexibility index (Phi) is 5.33. The van der Waals surface area contributed by atoms with Crippen LogP contribution in [-0.4, -0.2) is 9.55 Å². The van der Waals surface area contributed by atoms with E-state index in [1.807, 2.05) is 24.4 Å². The number of fused-ring (bicyclic) bond motifs is 1. The molecule has 4 rings (SSSR count). The van der Waals surface area contributed by atoms with Gasteiger partial charge in [-0.25, -0.2) is 4.39 Å². The minimum Gasteiger partial charge on any atom is -0.338 e. The Morgan fingerprint density at radius 1 is 0.889 bits per heavy atom. The number of hydrogen-bond donors (Lipinski definition) is 0. The topological polar surface area (TPSA) is 17.8 Å². The van der Waals surface area contributed by atoms with Gasteiger partial charge in [-0.05, 0) is 55.7 Å². The van der Waals surface area contributed by atoms with Gasteiger partial charge in [0, 0.05) is 24.0 Å². The van der Waals surface area contributed by atoms with Gasteiger partial charge in [0.05, 0.1) is 11.0 Å². The molecule has 0 fully saturated rings. The van der Waals surface area contributed by atoms with Gasteiger partial charge in [-0.2, -0.15) is 0 Å². The third kappa shape index (κ3) is 3.47. The van der Waals surface area contributed by atoms with Crippen LogP contribution < -0.4 is 0 Å². The zero-order valence-electron chi connectivity index (χ0n) is 15.7. The Bertz CT molecular complexity index is 1080. The monoisotopic (exact) mass is 380 g/mol. The lowest BCUT2D eigenvalue weighted by Crippen LogP contribution is -2.03. The van der Waals surface area contributed by atoms with E-state index in [9.17, 15) is 4.39 Å². The molecule has 2 nitrogen and oxygen atoms in total. The Hall–Kier alpha value is -2.65. The van der Waals surface area contributed by atoms with Crippen molar-refractivity contribution in [2.45, 2.75) is 27.3 Å². The normalized spacial score (nSPS) is 10.8. The second kappa shape index (κ2) is 7.53. The van der Waals surface area contributed by atoms with Gasteiger partial charge in [-0.1, -0.05) is 42.0 Å². The molecule has 0 atom stereocenters. The molecule has 0 amide bonds. The lowest BCUT2D eigenvalue weighted by atomic mass is 10.0. The van der Waals surface area contributed by atoms with Gasteiger partial charge in [0.1, 0.15) is 5.82 Å². The molecule has 0 unspecified atom stereocenters. The molecule has 2 aromatic carbocycles. The van der Waals surface area contributed by atoms with Gasteiger partial charge in [0.25, 0.3) is 0 Å². The molecule has 27 heavy (non-hydrogen) atoms.